The van der Waals surface area contributed by atoms with Crippen LogP contribution in [0, 0.1) is 20.8 Å². The molecule has 1 unspecified atom stereocenters. The number of thiophene rings is 1. The molecule has 0 fully saturated rings. The molecule has 1 N–H and O–H groups in total. The molecule has 6 heteroatoms. The molecule has 2 aromatic heterocycles. The molecule has 0 radical (unpaired) electrons. The van der Waals surface area contributed by atoms with Gasteiger partial charge in [-0.25, -0.2) is 0 Å². The van der Waals surface area contributed by atoms with Crippen molar-refractivity contribution in [2.24, 2.45) is 7.05 Å². The van der Waals surface area contributed by atoms with Gasteiger partial charge in [-0.3, -0.25) is 9.48 Å². The molecule has 0 spiro atoms. The number of amides is 1. The van der Waals surface area contributed by atoms with Gasteiger partial charge in [0.05, 0.1) is 17.1 Å². The van der Waals surface area contributed by atoms with Gasteiger partial charge in [-0.1, -0.05) is 6.07 Å². The summed E-state index contributed by atoms with van der Waals surface area (Å²) in [5.74, 6) is 0.777. The first-order chi connectivity index (χ1) is 12.8. The van der Waals surface area contributed by atoms with Gasteiger partial charge in [-0.15, -0.1) is 11.3 Å². The molecule has 5 nitrogen and oxygen atoms in total. The van der Waals surface area contributed by atoms with Crippen molar-refractivity contribution >= 4 is 17.2 Å². The number of carbonyl (C=O) groups is 1. The van der Waals surface area contributed by atoms with E-state index in [0.717, 1.165) is 22.6 Å². The van der Waals surface area contributed by atoms with E-state index in [-0.39, 0.29) is 11.9 Å². The second-order valence-electron chi connectivity index (χ2n) is 6.94. The summed E-state index contributed by atoms with van der Waals surface area (Å²) < 4.78 is 7.69. The fourth-order valence-electron chi connectivity index (χ4n) is 3.04. The first-order valence-electron chi connectivity index (χ1n) is 8.91. The summed E-state index contributed by atoms with van der Waals surface area (Å²) in [7, 11) is 1.90. The van der Waals surface area contributed by atoms with Crippen molar-refractivity contribution < 1.29 is 9.53 Å². The molecule has 3 aromatic rings. The fraction of sp³-hybridized carbons (Fsp3) is 0.333. The number of nitrogens with one attached hydrogen (secondary N) is 1. The van der Waals surface area contributed by atoms with Crippen LogP contribution in [0.1, 0.15) is 50.6 Å². The molecule has 0 aliphatic heterocycles. The molecule has 0 bridgehead atoms. The van der Waals surface area contributed by atoms with Crippen LogP contribution in [0.4, 0.5) is 0 Å². The van der Waals surface area contributed by atoms with E-state index in [9.17, 15) is 4.79 Å². The number of nitrogens with zero attached hydrogens (tertiary/aromatic N) is 2. The van der Waals surface area contributed by atoms with Gasteiger partial charge in [0.1, 0.15) is 12.4 Å². The van der Waals surface area contributed by atoms with Crippen LogP contribution < -0.4 is 10.1 Å². The Morgan fingerprint density at radius 2 is 1.93 bits per heavy atom. The second kappa shape index (κ2) is 7.96. The summed E-state index contributed by atoms with van der Waals surface area (Å²) >= 11 is 1.43. The van der Waals surface area contributed by atoms with E-state index in [0.29, 0.717) is 11.5 Å². The van der Waals surface area contributed by atoms with Crippen molar-refractivity contribution in [1.29, 1.82) is 0 Å². The summed E-state index contributed by atoms with van der Waals surface area (Å²) in [6.45, 7) is 8.53. The van der Waals surface area contributed by atoms with Gasteiger partial charge in [0.2, 0.25) is 0 Å². The lowest BCUT2D eigenvalue weighted by atomic mass is 10.1. The fourth-order valence-corrected chi connectivity index (χ4v) is 3.84. The molecule has 3 rings (SSSR count). The highest BCUT2D eigenvalue weighted by Gasteiger charge is 2.17. The molecule has 0 saturated carbocycles. The number of rotatable bonds is 6. The summed E-state index contributed by atoms with van der Waals surface area (Å²) in [5, 5.41) is 9.25. The van der Waals surface area contributed by atoms with Crippen LogP contribution in [0.25, 0.3) is 0 Å². The summed E-state index contributed by atoms with van der Waals surface area (Å²) in [6.07, 6.45) is 1.80. The van der Waals surface area contributed by atoms with Gasteiger partial charge in [0.15, 0.2) is 0 Å². The van der Waals surface area contributed by atoms with Crippen LogP contribution in [0.3, 0.4) is 0 Å². The number of ether oxygens (including phenoxy) is 1. The van der Waals surface area contributed by atoms with Gasteiger partial charge >= 0.3 is 0 Å². The van der Waals surface area contributed by atoms with Crippen molar-refractivity contribution in [1.82, 2.24) is 15.1 Å². The Labute approximate surface area is 164 Å². The van der Waals surface area contributed by atoms with E-state index in [1.165, 1.54) is 22.5 Å². The minimum atomic E-state index is -0.0942. The molecular weight excluding hydrogens is 358 g/mol. The number of hydrogen-bond donors (Lipinski definition) is 1. The van der Waals surface area contributed by atoms with Crippen molar-refractivity contribution in [3.05, 3.63) is 68.7 Å². The molecule has 1 amide bonds. The topological polar surface area (TPSA) is 56.1 Å². The van der Waals surface area contributed by atoms with E-state index >= 15 is 0 Å². The van der Waals surface area contributed by atoms with Crippen molar-refractivity contribution in [3.63, 3.8) is 0 Å². The molecule has 1 atom stereocenters. The number of aryl methyl sites for hydroxylation is 3. The smallest absolute Gasteiger partial charge is 0.261 e. The monoisotopic (exact) mass is 383 g/mol. The molecule has 2 heterocycles. The minimum Gasteiger partial charge on any atom is -0.489 e. The third kappa shape index (κ3) is 4.57. The molecule has 0 aliphatic rings. The molecule has 1 aromatic carbocycles. The highest BCUT2D eigenvalue weighted by Crippen LogP contribution is 2.22. The maximum absolute atomic E-state index is 12.6. The largest absolute Gasteiger partial charge is 0.489 e. The van der Waals surface area contributed by atoms with E-state index in [1.54, 1.807) is 6.20 Å². The van der Waals surface area contributed by atoms with Gasteiger partial charge in [0, 0.05) is 23.9 Å². The first kappa shape index (κ1) is 19.2. The third-order valence-electron chi connectivity index (χ3n) is 4.57. The number of benzene rings is 1. The Morgan fingerprint density at radius 1 is 1.22 bits per heavy atom. The summed E-state index contributed by atoms with van der Waals surface area (Å²) in [5.41, 5.74) is 5.43. The summed E-state index contributed by atoms with van der Waals surface area (Å²) in [6, 6.07) is 7.95. The number of hydrogen-bond acceptors (Lipinski definition) is 4. The second-order valence-corrected chi connectivity index (χ2v) is 7.85. The molecule has 0 aliphatic carbocycles. The maximum atomic E-state index is 12.6. The summed E-state index contributed by atoms with van der Waals surface area (Å²) in [4.78, 5) is 13.2. The molecular formula is C21H25N3O2S. The predicted molar refractivity (Wildman–Crippen MR) is 108 cm³/mol. The Morgan fingerprint density at radius 3 is 2.56 bits per heavy atom. The Bertz CT molecular complexity index is 938. The molecule has 142 valence electrons. The SMILES string of the molecule is Cc1cc(C)cc(OCc2csc(C(=O)NC(C)c3cnn(C)c3C)c2)c1. The lowest BCUT2D eigenvalue weighted by Gasteiger charge is -2.13. The van der Waals surface area contributed by atoms with Crippen LogP contribution in [0.15, 0.2) is 35.8 Å². The van der Waals surface area contributed by atoms with Crippen LogP contribution >= 0.6 is 11.3 Å². The molecule has 27 heavy (non-hydrogen) atoms. The lowest BCUT2D eigenvalue weighted by molar-refractivity contribution is 0.0944. The Hall–Kier alpha value is -2.60. The zero-order chi connectivity index (χ0) is 19.6. The minimum absolute atomic E-state index is 0.0756. The van der Waals surface area contributed by atoms with Crippen LogP contribution in [-0.4, -0.2) is 15.7 Å². The van der Waals surface area contributed by atoms with Crippen LogP contribution in [-0.2, 0) is 13.7 Å². The van der Waals surface area contributed by atoms with E-state index in [2.05, 4.69) is 30.3 Å². The zero-order valence-electron chi connectivity index (χ0n) is 16.4. The van der Waals surface area contributed by atoms with Crippen LogP contribution in [0.2, 0.25) is 0 Å². The van der Waals surface area contributed by atoms with Crippen molar-refractivity contribution in [2.75, 3.05) is 0 Å². The highest BCUT2D eigenvalue weighted by molar-refractivity contribution is 7.12. The maximum Gasteiger partial charge on any atom is 0.261 e. The molecule has 0 saturated heterocycles. The Balaban J connectivity index is 1.61. The van der Waals surface area contributed by atoms with Crippen molar-refractivity contribution in [2.45, 2.75) is 40.3 Å². The first-order valence-corrected chi connectivity index (χ1v) is 9.79. The van der Waals surface area contributed by atoms with Crippen molar-refractivity contribution in [3.8, 4) is 5.75 Å². The number of aromatic nitrogens is 2. The normalized spacial score (nSPS) is 12.0. The number of carbonyl (C=O) groups excluding carboxylic acids is 1. The lowest BCUT2D eigenvalue weighted by Crippen LogP contribution is -2.26. The van der Waals surface area contributed by atoms with Gasteiger partial charge in [-0.05, 0) is 62.4 Å². The predicted octanol–water partition coefficient (Wildman–Crippen LogP) is 4.48. The third-order valence-corrected chi connectivity index (χ3v) is 5.54. The van der Waals surface area contributed by atoms with E-state index in [1.807, 2.05) is 49.2 Å². The average Bonchev–Trinajstić information content (AvgIpc) is 3.20. The van der Waals surface area contributed by atoms with Gasteiger partial charge in [-0.2, -0.15) is 5.10 Å². The van der Waals surface area contributed by atoms with Gasteiger partial charge < -0.3 is 10.1 Å². The average molecular weight is 384 g/mol. The highest BCUT2D eigenvalue weighted by atomic mass is 32.1. The standard InChI is InChI=1S/C21H25N3O2S/c1-13-6-14(2)8-18(7-13)26-11-17-9-20(27-12-17)21(25)23-15(3)19-10-22-24(5)16(19)4/h6-10,12,15H,11H2,1-5H3,(H,23,25). The van der Waals surface area contributed by atoms with E-state index in [4.69, 9.17) is 4.74 Å². The Kier molecular flexibility index (Phi) is 5.65. The van der Waals surface area contributed by atoms with E-state index < -0.39 is 0 Å². The zero-order valence-corrected chi connectivity index (χ0v) is 17.2. The van der Waals surface area contributed by atoms with Gasteiger partial charge in [0.25, 0.3) is 5.91 Å². The quantitative estimate of drug-likeness (QED) is 0.683. The van der Waals surface area contributed by atoms with Crippen LogP contribution in [0.5, 0.6) is 5.75 Å².